The monoisotopic (exact) mass is 217 g/mol. The number of aromatic nitrogens is 2. The zero-order valence-corrected chi connectivity index (χ0v) is 9.77. The second-order valence-electron chi connectivity index (χ2n) is 3.89. The molecule has 0 saturated carbocycles. The lowest BCUT2D eigenvalue weighted by Gasteiger charge is -2.16. The molecule has 4 nitrogen and oxygen atoms in total. The summed E-state index contributed by atoms with van der Waals surface area (Å²) in [5, 5.41) is 0. The molecule has 0 aliphatic heterocycles. The van der Waals surface area contributed by atoms with Crippen LogP contribution in [0.4, 0.5) is 5.95 Å². The third-order valence-corrected chi connectivity index (χ3v) is 2.29. The van der Waals surface area contributed by atoms with Gasteiger partial charge in [-0.25, -0.2) is 9.97 Å². The molecule has 84 valence electrons. The molecule has 0 saturated heterocycles. The molecule has 16 heavy (non-hydrogen) atoms. The molecule has 2 aromatic rings. The van der Waals surface area contributed by atoms with E-state index in [0.717, 1.165) is 23.1 Å². The van der Waals surface area contributed by atoms with Gasteiger partial charge in [-0.15, -0.1) is 0 Å². The summed E-state index contributed by atoms with van der Waals surface area (Å²) < 4.78 is 5.29. The Morgan fingerprint density at radius 1 is 1.25 bits per heavy atom. The number of rotatable bonds is 3. The maximum atomic E-state index is 5.29. The van der Waals surface area contributed by atoms with Crippen molar-refractivity contribution >= 4 is 5.95 Å². The lowest BCUT2D eigenvalue weighted by atomic mass is 10.3. The summed E-state index contributed by atoms with van der Waals surface area (Å²) in [7, 11) is 1.96. The van der Waals surface area contributed by atoms with Crippen LogP contribution in [-0.2, 0) is 6.54 Å². The molecule has 0 atom stereocenters. The number of furan rings is 1. The highest BCUT2D eigenvalue weighted by Gasteiger charge is 2.07. The fourth-order valence-corrected chi connectivity index (χ4v) is 1.59. The highest BCUT2D eigenvalue weighted by molar-refractivity contribution is 5.31. The van der Waals surface area contributed by atoms with E-state index in [1.165, 1.54) is 0 Å². The Balaban J connectivity index is 2.17. The fraction of sp³-hybridized carbons (Fsp3) is 0.333. The number of hydrogen-bond acceptors (Lipinski definition) is 4. The van der Waals surface area contributed by atoms with Gasteiger partial charge in [0.25, 0.3) is 0 Å². The topological polar surface area (TPSA) is 42.2 Å². The molecule has 0 aliphatic carbocycles. The molecule has 0 radical (unpaired) electrons. The molecule has 0 spiro atoms. The second kappa shape index (κ2) is 4.35. The van der Waals surface area contributed by atoms with Crippen LogP contribution in [0.5, 0.6) is 0 Å². The van der Waals surface area contributed by atoms with E-state index >= 15 is 0 Å². The van der Waals surface area contributed by atoms with Gasteiger partial charge in [-0.05, 0) is 32.0 Å². The van der Waals surface area contributed by atoms with Crippen LogP contribution >= 0.6 is 0 Å². The summed E-state index contributed by atoms with van der Waals surface area (Å²) in [6.07, 6.45) is 1.67. The lowest BCUT2D eigenvalue weighted by Crippen LogP contribution is -2.19. The Morgan fingerprint density at radius 2 is 1.94 bits per heavy atom. The fourth-order valence-electron chi connectivity index (χ4n) is 1.59. The highest BCUT2D eigenvalue weighted by atomic mass is 16.3. The summed E-state index contributed by atoms with van der Waals surface area (Å²) in [4.78, 5) is 10.7. The first-order chi connectivity index (χ1) is 7.65. The zero-order chi connectivity index (χ0) is 11.5. The Kier molecular flexibility index (Phi) is 2.90. The van der Waals surface area contributed by atoms with Gasteiger partial charge in [0.1, 0.15) is 5.76 Å². The second-order valence-corrected chi connectivity index (χ2v) is 3.89. The smallest absolute Gasteiger partial charge is 0.225 e. The SMILES string of the molecule is Cc1cc(C)nc(N(C)Cc2ccco2)n1. The molecule has 0 aromatic carbocycles. The van der Waals surface area contributed by atoms with Gasteiger partial charge in [-0.3, -0.25) is 0 Å². The predicted molar refractivity (Wildman–Crippen MR) is 62.3 cm³/mol. The molecule has 0 amide bonds. The predicted octanol–water partition coefficient (Wildman–Crippen LogP) is 2.32. The van der Waals surface area contributed by atoms with Crippen LogP contribution in [0.15, 0.2) is 28.9 Å². The van der Waals surface area contributed by atoms with E-state index in [1.807, 2.05) is 44.0 Å². The van der Waals surface area contributed by atoms with Gasteiger partial charge >= 0.3 is 0 Å². The molecule has 4 heteroatoms. The maximum absolute atomic E-state index is 5.29. The van der Waals surface area contributed by atoms with Crippen LogP contribution in [0, 0.1) is 13.8 Å². The first-order valence-electron chi connectivity index (χ1n) is 5.21. The normalized spacial score (nSPS) is 10.4. The van der Waals surface area contributed by atoms with Crippen molar-refractivity contribution in [3.63, 3.8) is 0 Å². The third-order valence-electron chi connectivity index (χ3n) is 2.29. The minimum atomic E-state index is 0.676. The van der Waals surface area contributed by atoms with Crippen molar-refractivity contribution in [3.05, 3.63) is 41.6 Å². The molecule has 0 aliphatic rings. The van der Waals surface area contributed by atoms with Crippen molar-refractivity contribution in [1.82, 2.24) is 9.97 Å². The van der Waals surface area contributed by atoms with E-state index in [-0.39, 0.29) is 0 Å². The van der Waals surface area contributed by atoms with Gasteiger partial charge in [0.2, 0.25) is 5.95 Å². The van der Waals surface area contributed by atoms with Crippen LogP contribution in [0.25, 0.3) is 0 Å². The molecule has 2 rings (SSSR count). The van der Waals surface area contributed by atoms with Gasteiger partial charge in [0.15, 0.2) is 0 Å². The van der Waals surface area contributed by atoms with E-state index in [1.54, 1.807) is 6.26 Å². The molecule has 2 heterocycles. The molecule has 0 unspecified atom stereocenters. The summed E-state index contributed by atoms with van der Waals surface area (Å²) in [5.74, 6) is 1.64. The summed E-state index contributed by atoms with van der Waals surface area (Å²) in [6.45, 7) is 4.62. The van der Waals surface area contributed by atoms with Gasteiger partial charge in [-0.2, -0.15) is 0 Å². The van der Waals surface area contributed by atoms with Crippen LogP contribution in [0.3, 0.4) is 0 Å². The van der Waals surface area contributed by atoms with Crippen LogP contribution < -0.4 is 4.90 Å². The molecule has 0 bridgehead atoms. The lowest BCUT2D eigenvalue weighted by molar-refractivity contribution is 0.506. The van der Waals surface area contributed by atoms with E-state index in [9.17, 15) is 0 Å². The summed E-state index contributed by atoms with van der Waals surface area (Å²) in [6, 6.07) is 5.79. The van der Waals surface area contributed by atoms with Crippen LogP contribution in [0.2, 0.25) is 0 Å². The Labute approximate surface area is 94.9 Å². The number of aryl methyl sites for hydroxylation is 2. The molecule has 0 fully saturated rings. The first-order valence-corrected chi connectivity index (χ1v) is 5.21. The van der Waals surface area contributed by atoms with Crippen molar-refractivity contribution < 1.29 is 4.42 Å². The van der Waals surface area contributed by atoms with Crippen molar-refractivity contribution in [2.24, 2.45) is 0 Å². The summed E-state index contributed by atoms with van der Waals surface area (Å²) in [5.41, 5.74) is 1.96. The Bertz CT molecular complexity index is 445. The van der Waals surface area contributed by atoms with Crippen LogP contribution in [-0.4, -0.2) is 17.0 Å². The standard InChI is InChI=1S/C12H15N3O/c1-9-7-10(2)14-12(13-9)15(3)8-11-5-4-6-16-11/h4-7H,8H2,1-3H3. The number of hydrogen-bond donors (Lipinski definition) is 0. The average molecular weight is 217 g/mol. The maximum Gasteiger partial charge on any atom is 0.225 e. The van der Waals surface area contributed by atoms with Crippen molar-refractivity contribution in [1.29, 1.82) is 0 Å². The van der Waals surface area contributed by atoms with Crippen molar-refractivity contribution in [3.8, 4) is 0 Å². The molecular formula is C12H15N3O. The van der Waals surface area contributed by atoms with Gasteiger partial charge in [0.05, 0.1) is 12.8 Å². The van der Waals surface area contributed by atoms with Gasteiger partial charge in [0, 0.05) is 18.4 Å². The number of anilines is 1. The average Bonchev–Trinajstić information content (AvgIpc) is 2.68. The van der Waals surface area contributed by atoms with E-state index in [0.29, 0.717) is 6.54 Å². The zero-order valence-electron chi connectivity index (χ0n) is 9.77. The quantitative estimate of drug-likeness (QED) is 0.791. The van der Waals surface area contributed by atoms with Crippen molar-refractivity contribution in [2.75, 3.05) is 11.9 Å². The molecular weight excluding hydrogens is 202 g/mol. The number of nitrogens with zero attached hydrogens (tertiary/aromatic N) is 3. The van der Waals surface area contributed by atoms with Crippen LogP contribution in [0.1, 0.15) is 17.1 Å². The first kappa shape index (κ1) is 10.7. The Morgan fingerprint density at radius 3 is 2.50 bits per heavy atom. The van der Waals surface area contributed by atoms with Gasteiger partial charge < -0.3 is 9.32 Å². The largest absolute Gasteiger partial charge is 0.467 e. The van der Waals surface area contributed by atoms with E-state index < -0.39 is 0 Å². The van der Waals surface area contributed by atoms with Crippen molar-refractivity contribution in [2.45, 2.75) is 20.4 Å². The third kappa shape index (κ3) is 2.39. The van der Waals surface area contributed by atoms with Gasteiger partial charge in [-0.1, -0.05) is 0 Å². The minimum Gasteiger partial charge on any atom is -0.467 e. The van der Waals surface area contributed by atoms with E-state index in [4.69, 9.17) is 4.42 Å². The van der Waals surface area contributed by atoms with E-state index in [2.05, 4.69) is 9.97 Å². The Hall–Kier alpha value is -1.84. The highest BCUT2D eigenvalue weighted by Crippen LogP contribution is 2.12. The molecule has 0 N–H and O–H groups in total. The molecule has 2 aromatic heterocycles. The summed E-state index contributed by atoms with van der Waals surface area (Å²) >= 11 is 0. The minimum absolute atomic E-state index is 0.676.